The summed E-state index contributed by atoms with van der Waals surface area (Å²) >= 11 is 1.50. The molecule has 0 aliphatic carbocycles. The van der Waals surface area contributed by atoms with Crippen molar-refractivity contribution in [3.05, 3.63) is 46.4 Å². The first-order valence-corrected chi connectivity index (χ1v) is 10.6. The monoisotopic (exact) mass is 399 g/mol. The maximum Gasteiger partial charge on any atom is 0.264 e. The minimum absolute atomic E-state index is 0.109. The van der Waals surface area contributed by atoms with Gasteiger partial charge in [-0.3, -0.25) is 14.6 Å². The van der Waals surface area contributed by atoms with E-state index in [1.54, 1.807) is 18.5 Å². The minimum atomic E-state index is -0.454. The zero-order valence-corrected chi connectivity index (χ0v) is 17.0. The van der Waals surface area contributed by atoms with Crippen LogP contribution < -0.4 is 5.32 Å². The molecule has 28 heavy (non-hydrogen) atoms. The molecule has 3 atom stereocenters. The molecule has 2 aromatic rings. The third-order valence-corrected chi connectivity index (χ3v) is 6.97. The van der Waals surface area contributed by atoms with Gasteiger partial charge in [0.05, 0.1) is 22.4 Å². The smallest absolute Gasteiger partial charge is 0.264 e. The summed E-state index contributed by atoms with van der Waals surface area (Å²) in [7, 11) is 0. The van der Waals surface area contributed by atoms with E-state index < -0.39 is 6.10 Å². The van der Waals surface area contributed by atoms with Gasteiger partial charge < -0.3 is 15.0 Å². The number of carbonyl (C=O) groups is 2. The van der Waals surface area contributed by atoms with Crippen LogP contribution in [0.5, 0.6) is 0 Å². The molecule has 4 rings (SSSR count). The van der Waals surface area contributed by atoms with Crippen LogP contribution in [-0.4, -0.2) is 46.5 Å². The first-order valence-electron chi connectivity index (χ1n) is 9.70. The molecule has 1 N–H and O–H groups in total. The number of hydrogen-bond acceptors (Lipinski definition) is 5. The summed E-state index contributed by atoms with van der Waals surface area (Å²) in [6, 6.07) is 5.59. The number of pyridine rings is 1. The molecule has 3 unspecified atom stereocenters. The Labute approximate surface area is 168 Å². The average molecular weight is 400 g/mol. The molecule has 0 aromatic carbocycles. The minimum Gasteiger partial charge on any atom is -0.362 e. The van der Waals surface area contributed by atoms with Crippen LogP contribution in [-0.2, 0) is 9.53 Å². The molecule has 0 bridgehead atoms. The second-order valence-electron chi connectivity index (χ2n) is 7.78. The number of hydrogen-bond donors (Lipinski definition) is 1. The van der Waals surface area contributed by atoms with Crippen molar-refractivity contribution >= 4 is 28.8 Å². The highest BCUT2D eigenvalue weighted by atomic mass is 32.1. The number of anilines is 1. The van der Waals surface area contributed by atoms with Crippen LogP contribution in [0.15, 0.2) is 36.0 Å². The lowest BCUT2D eigenvalue weighted by atomic mass is 9.80. The van der Waals surface area contributed by atoms with Crippen molar-refractivity contribution in [1.29, 1.82) is 0 Å². The predicted molar refractivity (Wildman–Crippen MR) is 108 cm³/mol. The number of carbonyl (C=O) groups excluding carboxylic acids is 2. The molecule has 0 radical (unpaired) electrons. The molecule has 2 aliphatic heterocycles. The van der Waals surface area contributed by atoms with Gasteiger partial charge in [-0.25, -0.2) is 0 Å². The zero-order valence-electron chi connectivity index (χ0n) is 16.2. The molecule has 2 saturated heterocycles. The van der Waals surface area contributed by atoms with Crippen LogP contribution in [0.1, 0.15) is 41.4 Å². The number of likely N-dealkylation sites (tertiary alicyclic amines) is 1. The highest BCUT2D eigenvalue weighted by molar-refractivity contribution is 7.12. The van der Waals surface area contributed by atoms with Gasteiger partial charge in [0, 0.05) is 25.2 Å². The number of nitrogens with zero attached hydrogens (tertiary/aromatic N) is 2. The summed E-state index contributed by atoms with van der Waals surface area (Å²) < 4.78 is 6.31. The van der Waals surface area contributed by atoms with Gasteiger partial charge in [0.1, 0.15) is 6.10 Å². The number of rotatable bonds is 3. The van der Waals surface area contributed by atoms with Crippen molar-refractivity contribution < 1.29 is 14.3 Å². The molecule has 2 aromatic heterocycles. The van der Waals surface area contributed by atoms with Crippen molar-refractivity contribution in [2.75, 3.05) is 18.4 Å². The first-order chi connectivity index (χ1) is 13.5. The Kier molecular flexibility index (Phi) is 5.21. The number of aryl methyl sites for hydroxylation is 1. The van der Waals surface area contributed by atoms with Gasteiger partial charge >= 0.3 is 0 Å². The van der Waals surface area contributed by atoms with Crippen LogP contribution in [0.3, 0.4) is 0 Å². The van der Waals surface area contributed by atoms with Gasteiger partial charge in [0.15, 0.2) is 0 Å². The Morgan fingerprint density at radius 3 is 2.89 bits per heavy atom. The van der Waals surface area contributed by atoms with Gasteiger partial charge in [-0.15, -0.1) is 11.3 Å². The third-order valence-electron chi connectivity index (χ3n) is 5.97. The number of aromatic nitrogens is 1. The van der Waals surface area contributed by atoms with Crippen LogP contribution in [0, 0.1) is 12.8 Å². The molecule has 148 valence electrons. The predicted octanol–water partition coefficient (Wildman–Crippen LogP) is 3.49. The van der Waals surface area contributed by atoms with E-state index in [-0.39, 0.29) is 23.3 Å². The highest BCUT2D eigenvalue weighted by Crippen LogP contribution is 2.43. The third kappa shape index (κ3) is 3.56. The number of ether oxygens (including phenoxy) is 1. The Balaban J connectivity index is 1.38. The van der Waals surface area contributed by atoms with Crippen LogP contribution in [0.25, 0.3) is 0 Å². The van der Waals surface area contributed by atoms with E-state index in [4.69, 9.17) is 4.74 Å². The molecular weight excluding hydrogens is 374 g/mol. The largest absolute Gasteiger partial charge is 0.362 e. The van der Waals surface area contributed by atoms with Gasteiger partial charge in [0.25, 0.3) is 11.8 Å². The van der Waals surface area contributed by atoms with Crippen LogP contribution >= 0.6 is 11.3 Å². The Morgan fingerprint density at radius 2 is 2.21 bits per heavy atom. The maximum atomic E-state index is 12.8. The number of thiophene rings is 1. The first kappa shape index (κ1) is 19.1. The van der Waals surface area contributed by atoms with Gasteiger partial charge in [-0.2, -0.15) is 0 Å². The van der Waals surface area contributed by atoms with Gasteiger partial charge in [-0.1, -0.05) is 6.92 Å². The van der Waals surface area contributed by atoms with Crippen molar-refractivity contribution in [1.82, 2.24) is 9.88 Å². The molecule has 6 nitrogen and oxygen atoms in total. The van der Waals surface area contributed by atoms with Crippen molar-refractivity contribution in [2.45, 2.75) is 44.8 Å². The highest BCUT2D eigenvalue weighted by Gasteiger charge is 2.49. The number of piperidine rings is 1. The van der Waals surface area contributed by atoms with Crippen LogP contribution in [0.4, 0.5) is 5.69 Å². The summed E-state index contributed by atoms with van der Waals surface area (Å²) in [5.41, 5.74) is 1.39. The summed E-state index contributed by atoms with van der Waals surface area (Å²) in [4.78, 5) is 32.2. The molecule has 0 saturated carbocycles. The van der Waals surface area contributed by atoms with E-state index in [2.05, 4.69) is 17.2 Å². The topological polar surface area (TPSA) is 71.5 Å². The maximum absolute atomic E-state index is 12.8. The van der Waals surface area contributed by atoms with E-state index >= 15 is 0 Å². The average Bonchev–Trinajstić information content (AvgIpc) is 3.32. The van der Waals surface area contributed by atoms with Crippen molar-refractivity contribution in [3.8, 4) is 0 Å². The Morgan fingerprint density at radius 1 is 1.36 bits per heavy atom. The van der Waals surface area contributed by atoms with Gasteiger partial charge in [-0.05, 0) is 55.3 Å². The lowest BCUT2D eigenvalue weighted by Gasteiger charge is -2.44. The fourth-order valence-corrected chi connectivity index (χ4v) is 5.14. The Hall–Kier alpha value is -2.25. The molecule has 4 heterocycles. The van der Waals surface area contributed by atoms with E-state index in [0.717, 1.165) is 23.3 Å². The molecule has 2 amide bonds. The summed E-state index contributed by atoms with van der Waals surface area (Å²) in [6.45, 7) is 5.43. The molecule has 7 heteroatoms. The lowest BCUT2D eigenvalue weighted by molar-refractivity contribution is -0.141. The number of amides is 2. The van der Waals surface area contributed by atoms with Gasteiger partial charge in [0.2, 0.25) is 0 Å². The SMILES string of the molecule is Cc1ccsc1C(=O)N1CCC2(CCC(C(=O)Nc3cccnc3)O2)C(C)C1. The van der Waals surface area contributed by atoms with Crippen molar-refractivity contribution in [2.24, 2.45) is 5.92 Å². The lowest BCUT2D eigenvalue weighted by Crippen LogP contribution is -2.52. The molecule has 2 aliphatic rings. The van der Waals surface area contributed by atoms with Crippen LogP contribution in [0.2, 0.25) is 0 Å². The normalized spacial score (nSPS) is 27.1. The Bertz CT molecular complexity index is 869. The standard InChI is InChI=1S/C21H25N3O3S/c1-14-6-11-28-18(14)20(26)24-10-8-21(15(2)13-24)7-5-17(27-21)19(25)23-16-4-3-9-22-12-16/h3-4,6,9,11-12,15,17H,5,7-8,10,13H2,1-2H3,(H,23,25). The fraction of sp³-hybridized carbons (Fsp3) is 0.476. The summed E-state index contributed by atoms with van der Waals surface area (Å²) in [5.74, 6) is 0.171. The summed E-state index contributed by atoms with van der Waals surface area (Å²) in [6.07, 6.45) is 5.16. The van der Waals surface area contributed by atoms with E-state index in [1.165, 1.54) is 11.3 Å². The van der Waals surface area contributed by atoms with E-state index in [1.807, 2.05) is 29.3 Å². The molecule has 2 fully saturated rings. The fourth-order valence-electron chi connectivity index (χ4n) is 4.25. The number of nitrogens with one attached hydrogen (secondary N) is 1. The zero-order chi connectivity index (χ0) is 19.7. The molecular formula is C21H25N3O3S. The second kappa shape index (κ2) is 7.64. The van der Waals surface area contributed by atoms with Crippen molar-refractivity contribution in [3.63, 3.8) is 0 Å². The van der Waals surface area contributed by atoms with E-state index in [0.29, 0.717) is 25.2 Å². The summed E-state index contributed by atoms with van der Waals surface area (Å²) in [5, 5.41) is 4.84. The van der Waals surface area contributed by atoms with E-state index in [9.17, 15) is 9.59 Å². The second-order valence-corrected chi connectivity index (χ2v) is 8.69. The molecule has 1 spiro atoms. The quantitative estimate of drug-likeness (QED) is 0.858.